The molecule has 0 unspecified atom stereocenters. The Hall–Kier alpha value is -3.68. The van der Waals surface area contributed by atoms with Gasteiger partial charge in [-0.1, -0.05) is 30.3 Å². The molecule has 0 N–H and O–H groups in total. The molecule has 0 aliphatic carbocycles. The van der Waals surface area contributed by atoms with E-state index in [2.05, 4.69) is 4.98 Å². The molecule has 0 aliphatic rings. The van der Waals surface area contributed by atoms with Gasteiger partial charge >= 0.3 is 5.82 Å². The monoisotopic (exact) mass is 394 g/mol. The SMILES string of the molecule is COc1ccc(N(C(=O)Cn2c([N+](=O)[O-])cnc2C)[C@@H](C)c2ccccc2)cc1. The summed E-state index contributed by atoms with van der Waals surface area (Å²) < 4.78 is 6.52. The lowest BCUT2D eigenvalue weighted by Crippen LogP contribution is -2.36. The van der Waals surface area contributed by atoms with Crippen molar-refractivity contribution in [1.82, 2.24) is 9.55 Å². The van der Waals surface area contributed by atoms with Crippen LogP contribution in [0.15, 0.2) is 60.8 Å². The summed E-state index contributed by atoms with van der Waals surface area (Å²) in [5, 5.41) is 11.3. The molecule has 1 atom stereocenters. The average molecular weight is 394 g/mol. The summed E-state index contributed by atoms with van der Waals surface area (Å²) in [5.74, 6) is 0.593. The molecule has 3 aromatic rings. The van der Waals surface area contributed by atoms with Crippen molar-refractivity contribution in [3.05, 3.63) is 82.3 Å². The van der Waals surface area contributed by atoms with Gasteiger partial charge in [0.2, 0.25) is 0 Å². The zero-order chi connectivity index (χ0) is 21.0. The molecule has 8 heteroatoms. The third-order valence-corrected chi connectivity index (χ3v) is 4.80. The van der Waals surface area contributed by atoms with Gasteiger partial charge < -0.3 is 19.8 Å². The van der Waals surface area contributed by atoms with Gasteiger partial charge in [0.25, 0.3) is 5.91 Å². The lowest BCUT2D eigenvalue weighted by Gasteiger charge is -2.29. The molecule has 0 aliphatic heterocycles. The number of hydrogen-bond donors (Lipinski definition) is 0. The highest BCUT2D eigenvalue weighted by Gasteiger charge is 2.28. The lowest BCUT2D eigenvalue weighted by molar-refractivity contribution is -0.392. The highest BCUT2D eigenvalue weighted by molar-refractivity contribution is 5.94. The summed E-state index contributed by atoms with van der Waals surface area (Å²) in [6.07, 6.45) is 1.17. The first-order valence-electron chi connectivity index (χ1n) is 9.10. The minimum absolute atomic E-state index is 0.189. The topological polar surface area (TPSA) is 90.5 Å². The van der Waals surface area contributed by atoms with Crippen LogP contribution in [-0.4, -0.2) is 27.5 Å². The minimum Gasteiger partial charge on any atom is -0.497 e. The van der Waals surface area contributed by atoms with E-state index in [0.29, 0.717) is 17.3 Å². The maximum atomic E-state index is 13.3. The first-order valence-corrected chi connectivity index (χ1v) is 9.10. The number of nitrogens with zero attached hydrogens (tertiary/aromatic N) is 4. The smallest absolute Gasteiger partial charge is 0.343 e. The van der Waals surface area contributed by atoms with Crippen molar-refractivity contribution in [2.45, 2.75) is 26.4 Å². The molecule has 0 spiro atoms. The van der Waals surface area contributed by atoms with E-state index in [1.807, 2.05) is 37.3 Å². The summed E-state index contributed by atoms with van der Waals surface area (Å²) in [4.78, 5) is 29.7. The number of anilines is 1. The fraction of sp³-hybridized carbons (Fsp3) is 0.238. The number of benzene rings is 2. The molecular weight excluding hydrogens is 372 g/mol. The van der Waals surface area contributed by atoms with Crippen LogP contribution in [0.2, 0.25) is 0 Å². The summed E-state index contributed by atoms with van der Waals surface area (Å²) in [6.45, 7) is 3.37. The number of rotatable bonds is 7. The highest BCUT2D eigenvalue weighted by Crippen LogP contribution is 2.29. The van der Waals surface area contributed by atoms with Crippen molar-refractivity contribution in [3.8, 4) is 5.75 Å². The number of nitro groups is 1. The Morgan fingerprint density at radius 3 is 2.45 bits per heavy atom. The Bertz CT molecular complexity index is 999. The summed E-state index contributed by atoms with van der Waals surface area (Å²) in [6, 6.07) is 16.5. The van der Waals surface area contributed by atoms with Crippen LogP contribution >= 0.6 is 0 Å². The summed E-state index contributed by atoms with van der Waals surface area (Å²) in [5.41, 5.74) is 1.63. The number of aryl methyl sites for hydroxylation is 1. The van der Waals surface area contributed by atoms with Gasteiger partial charge in [-0.15, -0.1) is 0 Å². The van der Waals surface area contributed by atoms with Crippen molar-refractivity contribution >= 4 is 17.4 Å². The molecule has 2 aromatic carbocycles. The molecule has 0 radical (unpaired) electrons. The van der Waals surface area contributed by atoms with Crippen molar-refractivity contribution in [2.24, 2.45) is 0 Å². The standard InChI is InChI=1S/C21H22N4O4/c1-15(17-7-5-4-6-8-17)24(18-9-11-19(29-3)12-10-18)21(26)14-23-16(2)22-13-20(23)25(27)28/h4-13,15H,14H2,1-3H3/t15-/m0/s1. The van der Waals surface area contributed by atoms with Crippen molar-refractivity contribution in [3.63, 3.8) is 0 Å². The molecule has 1 heterocycles. The average Bonchev–Trinajstić information content (AvgIpc) is 3.09. The Morgan fingerprint density at radius 2 is 1.86 bits per heavy atom. The molecule has 1 aromatic heterocycles. The third-order valence-electron chi connectivity index (χ3n) is 4.80. The van der Waals surface area contributed by atoms with Crippen LogP contribution in [0.25, 0.3) is 0 Å². The number of amides is 1. The lowest BCUT2D eigenvalue weighted by atomic mass is 10.1. The largest absolute Gasteiger partial charge is 0.497 e. The van der Waals surface area contributed by atoms with Gasteiger partial charge in [-0.25, -0.2) is 9.55 Å². The number of hydrogen-bond acceptors (Lipinski definition) is 5. The van der Waals surface area contributed by atoms with Gasteiger partial charge in [0.15, 0.2) is 12.4 Å². The van der Waals surface area contributed by atoms with E-state index < -0.39 is 4.92 Å². The molecule has 0 fully saturated rings. The van der Waals surface area contributed by atoms with E-state index >= 15 is 0 Å². The van der Waals surface area contributed by atoms with Crippen LogP contribution < -0.4 is 9.64 Å². The second-order valence-electron chi connectivity index (χ2n) is 6.56. The molecule has 0 saturated heterocycles. The number of imidazole rings is 1. The van der Waals surface area contributed by atoms with Gasteiger partial charge in [-0.2, -0.15) is 0 Å². The summed E-state index contributed by atoms with van der Waals surface area (Å²) in [7, 11) is 1.57. The van der Waals surface area contributed by atoms with E-state index in [-0.39, 0.29) is 24.3 Å². The van der Waals surface area contributed by atoms with Gasteiger partial charge in [0.1, 0.15) is 11.9 Å². The quantitative estimate of drug-likeness (QED) is 0.448. The zero-order valence-corrected chi connectivity index (χ0v) is 16.5. The molecule has 1 amide bonds. The van der Waals surface area contributed by atoms with Crippen molar-refractivity contribution in [1.29, 1.82) is 0 Å². The van der Waals surface area contributed by atoms with Crippen LogP contribution in [0.5, 0.6) is 5.75 Å². The van der Waals surface area contributed by atoms with E-state index in [0.717, 1.165) is 5.56 Å². The van der Waals surface area contributed by atoms with E-state index in [4.69, 9.17) is 4.74 Å². The molecule has 8 nitrogen and oxygen atoms in total. The molecule has 150 valence electrons. The molecule has 0 bridgehead atoms. The van der Waals surface area contributed by atoms with Crippen LogP contribution in [0.3, 0.4) is 0 Å². The van der Waals surface area contributed by atoms with E-state index in [1.165, 1.54) is 10.8 Å². The van der Waals surface area contributed by atoms with Gasteiger partial charge in [-0.3, -0.25) is 4.79 Å². The second kappa shape index (κ2) is 8.55. The second-order valence-corrected chi connectivity index (χ2v) is 6.56. The number of carbonyl (C=O) groups is 1. The Balaban J connectivity index is 1.99. The first kappa shape index (κ1) is 20.1. The highest BCUT2D eigenvalue weighted by atomic mass is 16.6. The fourth-order valence-corrected chi connectivity index (χ4v) is 3.22. The number of ether oxygens (including phenoxy) is 1. The number of methoxy groups -OCH3 is 1. The fourth-order valence-electron chi connectivity index (χ4n) is 3.22. The van der Waals surface area contributed by atoms with Crippen LogP contribution in [0.4, 0.5) is 11.5 Å². The first-order chi connectivity index (χ1) is 13.9. The summed E-state index contributed by atoms with van der Waals surface area (Å²) >= 11 is 0. The van der Waals surface area contributed by atoms with Crippen LogP contribution in [0, 0.1) is 17.0 Å². The van der Waals surface area contributed by atoms with Gasteiger partial charge in [-0.05, 0) is 41.7 Å². The van der Waals surface area contributed by atoms with Gasteiger partial charge in [0, 0.05) is 12.6 Å². The molecule has 0 saturated carbocycles. The third kappa shape index (κ3) is 4.26. The Morgan fingerprint density at radius 1 is 1.21 bits per heavy atom. The molecule has 29 heavy (non-hydrogen) atoms. The minimum atomic E-state index is -0.536. The Labute approximate surface area is 168 Å². The van der Waals surface area contributed by atoms with Crippen LogP contribution in [-0.2, 0) is 11.3 Å². The maximum Gasteiger partial charge on any atom is 0.343 e. The van der Waals surface area contributed by atoms with Crippen molar-refractivity contribution < 1.29 is 14.5 Å². The van der Waals surface area contributed by atoms with E-state index in [9.17, 15) is 14.9 Å². The number of carbonyl (C=O) groups excluding carboxylic acids is 1. The maximum absolute atomic E-state index is 13.3. The normalized spacial score (nSPS) is 11.7. The number of aromatic nitrogens is 2. The molecule has 3 rings (SSSR count). The predicted octanol–water partition coefficient (Wildman–Crippen LogP) is 3.90. The van der Waals surface area contributed by atoms with Crippen molar-refractivity contribution in [2.75, 3.05) is 12.0 Å². The van der Waals surface area contributed by atoms with Gasteiger partial charge in [0.05, 0.1) is 13.2 Å². The predicted molar refractivity (Wildman–Crippen MR) is 109 cm³/mol. The zero-order valence-electron chi connectivity index (χ0n) is 16.5. The van der Waals surface area contributed by atoms with E-state index in [1.54, 1.807) is 43.2 Å². The molecular formula is C21H22N4O4. The van der Waals surface area contributed by atoms with Crippen LogP contribution in [0.1, 0.15) is 24.4 Å². The Kier molecular flexibility index (Phi) is 5.92.